The average molecular weight is 314 g/mol. The maximum Gasteiger partial charge on any atom is 0.127 e. The Kier molecular flexibility index (Phi) is 5.23. The summed E-state index contributed by atoms with van der Waals surface area (Å²) in [6.45, 7) is 13.5. The van der Waals surface area contributed by atoms with E-state index in [0.717, 1.165) is 16.8 Å². The molecule has 1 aromatic carbocycles. The molecule has 1 N–H and O–H groups in total. The molecule has 102 valence electrons. The Labute approximate surface area is 119 Å². The van der Waals surface area contributed by atoms with E-state index < -0.39 is 0 Å². The first-order chi connectivity index (χ1) is 8.19. The zero-order valence-electron chi connectivity index (χ0n) is 12.2. The third kappa shape index (κ3) is 4.99. The molecule has 0 fully saturated rings. The molecule has 0 heterocycles. The van der Waals surface area contributed by atoms with E-state index in [2.05, 4.69) is 74.9 Å². The largest absolute Gasteiger partial charge is 0.490 e. The van der Waals surface area contributed by atoms with Gasteiger partial charge in [-0.15, -0.1) is 0 Å². The summed E-state index contributed by atoms with van der Waals surface area (Å²) in [6, 6.07) is 4.22. The van der Waals surface area contributed by atoms with Gasteiger partial charge in [-0.25, -0.2) is 0 Å². The Hall–Kier alpha value is -0.540. The highest BCUT2D eigenvalue weighted by Crippen LogP contribution is 2.29. The van der Waals surface area contributed by atoms with Crippen molar-refractivity contribution < 1.29 is 4.74 Å². The molecule has 18 heavy (non-hydrogen) atoms. The number of hydrogen-bond donors (Lipinski definition) is 1. The van der Waals surface area contributed by atoms with E-state index in [1.165, 1.54) is 11.1 Å². The Morgan fingerprint density at radius 1 is 1.28 bits per heavy atom. The predicted molar refractivity (Wildman–Crippen MR) is 81.2 cm³/mol. The first kappa shape index (κ1) is 15.5. The van der Waals surface area contributed by atoms with Crippen molar-refractivity contribution >= 4 is 15.9 Å². The minimum Gasteiger partial charge on any atom is -0.490 e. The van der Waals surface area contributed by atoms with Crippen LogP contribution in [0, 0.1) is 6.92 Å². The molecule has 0 unspecified atom stereocenters. The predicted octanol–water partition coefficient (Wildman–Crippen LogP) is 4.43. The lowest BCUT2D eigenvalue weighted by molar-refractivity contribution is 0.237. The summed E-state index contributed by atoms with van der Waals surface area (Å²) in [5.41, 5.74) is 2.47. The topological polar surface area (TPSA) is 21.3 Å². The van der Waals surface area contributed by atoms with Crippen molar-refractivity contribution in [3.63, 3.8) is 0 Å². The highest BCUT2D eigenvalue weighted by atomic mass is 79.9. The van der Waals surface area contributed by atoms with Crippen molar-refractivity contribution in [3.05, 3.63) is 27.7 Å². The molecule has 0 amide bonds. The van der Waals surface area contributed by atoms with Crippen molar-refractivity contribution in [1.82, 2.24) is 5.32 Å². The molecule has 1 aromatic rings. The van der Waals surface area contributed by atoms with Crippen molar-refractivity contribution in [2.75, 3.05) is 0 Å². The second-order valence-electron chi connectivity index (χ2n) is 5.98. The summed E-state index contributed by atoms with van der Waals surface area (Å²) in [5, 5.41) is 3.51. The Morgan fingerprint density at radius 3 is 2.39 bits per heavy atom. The second kappa shape index (κ2) is 6.07. The molecule has 0 atom stereocenters. The number of hydrogen-bond acceptors (Lipinski definition) is 2. The monoisotopic (exact) mass is 313 g/mol. The molecule has 0 aliphatic heterocycles. The van der Waals surface area contributed by atoms with Gasteiger partial charge in [-0.05, 0) is 59.2 Å². The minimum atomic E-state index is 0.103. The van der Waals surface area contributed by atoms with Crippen LogP contribution in [-0.4, -0.2) is 11.6 Å². The molecule has 0 saturated carbocycles. The smallest absolute Gasteiger partial charge is 0.127 e. The number of ether oxygens (including phenoxy) is 1. The van der Waals surface area contributed by atoms with Crippen molar-refractivity contribution in [1.29, 1.82) is 0 Å². The normalized spacial score (nSPS) is 12.0. The highest BCUT2D eigenvalue weighted by Gasteiger charge is 2.14. The zero-order chi connectivity index (χ0) is 13.9. The third-order valence-electron chi connectivity index (χ3n) is 2.48. The van der Waals surface area contributed by atoms with E-state index in [1.807, 2.05) is 0 Å². The van der Waals surface area contributed by atoms with Crippen LogP contribution in [0.2, 0.25) is 0 Å². The van der Waals surface area contributed by atoms with E-state index in [0.29, 0.717) is 0 Å². The maximum atomic E-state index is 5.94. The van der Waals surface area contributed by atoms with Crippen LogP contribution in [-0.2, 0) is 6.54 Å². The fourth-order valence-electron chi connectivity index (χ4n) is 1.70. The van der Waals surface area contributed by atoms with Gasteiger partial charge in [-0.1, -0.05) is 15.9 Å². The van der Waals surface area contributed by atoms with Gasteiger partial charge in [0.1, 0.15) is 5.75 Å². The lowest BCUT2D eigenvalue weighted by atomic mass is 10.1. The van der Waals surface area contributed by atoms with Crippen LogP contribution in [0.15, 0.2) is 16.6 Å². The van der Waals surface area contributed by atoms with Crippen LogP contribution in [0.5, 0.6) is 5.75 Å². The van der Waals surface area contributed by atoms with E-state index >= 15 is 0 Å². The first-order valence-electron chi connectivity index (χ1n) is 6.40. The zero-order valence-corrected chi connectivity index (χ0v) is 13.8. The Balaban J connectivity index is 3.00. The molecule has 0 radical (unpaired) electrons. The summed E-state index contributed by atoms with van der Waals surface area (Å²) in [4.78, 5) is 0. The summed E-state index contributed by atoms with van der Waals surface area (Å²) in [5.74, 6) is 1.00. The van der Waals surface area contributed by atoms with Crippen LogP contribution in [0.3, 0.4) is 0 Å². The molecular weight excluding hydrogens is 290 g/mol. The summed E-state index contributed by atoms with van der Waals surface area (Å²) in [7, 11) is 0. The van der Waals surface area contributed by atoms with Gasteiger partial charge < -0.3 is 10.1 Å². The molecule has 3 heteroatoms. The van der Waals surface area contributed by atoms with Crippen molar-refractivity contribution in [3.8, 4) is 5.75 Å². The van der Waals surface area contributed by atoms with Crippen LogP contribution in [0.1, 0.15) is 45.7 Å². The number of rotatable bonds is 4. The third-order valence-corrected chi connectivity index (χ3v) is 2.94. The average Bonchev–Trinajstić information content (AvgIpc) is 2.17. The fourth-order valence-corrected chi connectivity index (χ4v) is 2.32. The molecule has 1 rings (SSSR count). The highest BCUT2D eigenvalue weighted by molar-refractivity contribution is 9.10. The van der Waals surface area contributed by atoms with Crippen molar-refractivity contribution in [2.24, 2.45) is 0 Å². The fraction of sp³-hybridized carbons (Fsp3) is 0.600. The van der Waals surface area contributed by atoms with Gasteiger partial charge in [0, 0.05) is 22.1 Å². The lowest BCUT2D eigenvalue weighted by Gasteiger charge is -2.23. The standard InChI is InChI=1S/C15H24BrNO/c1-10(2)18-14-11(3)7-13(16)8-12(14)9-17-15(4,5)6/h7-8,10,17H,9H2,1-6H3. The van der Waals surface area contributed by atoms with Gasteiger partial charge in [0.15, 0.2) is 0 Å². The summed E-state index contributed by atoms with van der Waals surface area (Å²) >= 11 is 3.55. The Morgan fingerprint density at radius 2 is 1.89 bits per heavy atom. The van der Waals surface area contributed by atoms with Gasteiger partial charge in [0.05, 0.1) is 6.10 Å². The summed E-state index contributed by atoms with van der Waals surface area (Å²) < 4.78 is 7.03. The lowest BCUT2D eigenvalue weighted by Crippen LogP contribution is -2.35. The minimum absolute atomic E-state index is 0.103. The molecular formula is C15H24BrNO. The molecule has 0 saturated heterocycles. The van der Waals surface area contributed by atoms with E-state index in [9.17, 15) is 0 Å². The molecule has 0 aromatic heterocycles. The van der Waals surface area contributed by atoms with E-state index in [4.69, 9.17) is 4.74 Å². The van der Waals surface area contributed by atoms with E-state index in [1.54, 1.807) is 0 Å². The first-order valence-corrected chi connectivity index (χ1v) is 7.19. The molecule has 0 bridgehead atoms. The van der Waals surface area contributed by atoms with E-state index in [-0.39, 0.29) is 11.6 Å². The van der Waals surface area contributed by atoms with Crippen LogP contribution < -0.4 is 10.1 Å². The molecule has 0 aliphatic carbocycles. The molecule has 2 nitrogen and oxygen atoms in total. The van der Waals surface area contributed by atoms with Crippen molar-refractivity contribution in [2.45, 2.75) is 59.7 Å². The number of benzene rings is 1. The van der Waals surface area contributed by atoms with Gasteiger partial charge in [0.25, 0.3) is 0 Å². The van der Waals surface area contributed by atoms with Gasteiger partial charge >= 0.3 is 0 Å². The molecule has 0 aliphatic rings. The van der Waals surface area contributed by atoms with Crippen LogP contribution in [0.25, 0.3) is 0 Å². The van der Waals surface area contributed by atoms with Crippen LogP contribution >= 0.6 is 15.9 Å². The quantitative estimate of drug-likeness (QED) is 0.887. The van der Waals surface area contributed by atoms with Gasteiger partial charge in [0.2, 0.25) is 0 Å². The second-order valence-corrected chi connectivity index (χ2v) is 6.90. The SMILES string of the molecule is Cc1cc(Br)cc(CNC(C)(C)C)c1OC(C)C. The van der Waals surface area contributed by atoms with Crippen LogP contribution in [0.4, 0.5) is 0 Å². The van der Waals surface area contributed by atoms with Gasteiger partial charge in [-0.3, -0.25) is 0 Å². The number of aryl methyl sites for hydroxylation is 1. The maximum absolute atomic E-state index is 5.94. The summed E-state index contributed by atoms with van der Waals surface area (Å²) in [6.07, 6.45) is 0.193. The number of halogens is 1. The Bertz CT molecular complexity index is 408. The molecule has 0 spiro atoms. The van der Waals surface area contributed by atoms with Gasteiger partial charge in [-0.2, -0.15) is 0 Å². The number of nitrogens with one attached hydrogen (secondary N) is 1.